The van der Waals surface area contributed by atoms with Gasteiger partial charge in [-0.2, -0.15) is 5.21 Å². The highest BCUT2D eigenvalue weighted by atomic mass is 79.9. The van der Waals surface area contributed by atoms with Crippen molar-refractivity contribution >= 4 is 26.9 Å². The van der Waals surface area contributed by atoms with E-state index < -0.39 is 0 Å². The van der Waals surface area contributed by atoms with E-state index in [0.717, 1.165) is 28.5 Å². The van der Waals surface area contributed by atoms with Crippen LogP contribution >= 0.6 is 15.9 Å². The molecule has 0 fully saturated rings. The van der Waals surface area contributed by atoms with Gasteiger partial charge in [-0.25, -0.2) is 4.39 Å². The summed E-state index contributed by atoms with van der Waals surface area (Å²) >= 11 is 3.34. The van der Waals surface area contributed by atoms with Crippen molar-refractivity contribution in [3.8, 4) is 17.3 Å². The van der Waals surface area contributed by atoms with Gasteiger partial charge in [0.05, 0.1) is 11.6 Å². The van der Waals surface area contributed by atoms with E-state index in [1.807, 2.05) is 30.3 Å². The number of fused-ring (bicyclic) bond motifs is 1. The number of ether oxygens (including phenoxy) is 1. The van der Waals surface area contributed by atoms with Gasteiger partial charge in [0, 0.05) is 5.39 Å². The second-order valence-corrected chi connectivity index (χ2v) is 6.67. The van der Waals surface area contributed by atoms with Gasteiger partial charge < -0.3 is 9.15 Å². The molecule has 2 aromatic carbocycles. The van der Waals surface area contributed by atoms with E-state index in [0.29, 0.717) is 22.5 Å². The molecule has 6 nitrogen and oxygen atoms in total. The molecule has 8 heteroatoms. The van der Waals surface area contributed by atoms with Crippen molar-refractivity contribution in [3.05, 3.63) is 57.8 Å². The lowest BCUT2D eigenvalue weighted by Crippen LogP contribution is -1.95. The Balaban J connectivity index is 1.54. The number of aromatic amines is 1. The minimum Gasteiger partial charge on any atom is -0.492 e. The number of nitrogens with one attached hydrogen (secondary N) is 1. The van der Waals surface area contributed by atoms with Gasteiger partial charge in [-0.1, -0.05) is 12.1 Å². The van der Waals surface area contributed by atoms with Crippen molar-refractivity contribution in [1.29, 1.82) is 0 Å². The van der Waals surface area contributed by atoms with Crippen LogP contribution < -0.4 is 4.74 Å². The normalized spacial score (nSPS) is 11.2. The monoisotopic (exact) mass is 416 g/mol. The number of rotatable bonds is 5. The first-order valence-corrected chi connectivity index (χ1v) is 8.71. The van der Waals surface area contributed by atoms with Crippen molar-refractivity contribution in [1.82, 2.24) is 20.6 Å². The molecule has 26 heavy (non-hydrogen) atoms. The van der Waals surface area contributed by atoms with Gasteiger partial charge in [-0.3, -0.25) is 0 Å². The first kappa shape index (κ1) is 16.7. The Morgan fingerprint density at radius 2 is 2.00 bits per heavy atom. The van der Waals surface area contributed by atoms with Gasteiger partial charge in [-0.15, -0.1) is 10.2 Å². The number of tetrazole rings is 1. The van der Waals surface area contributed by atoms with Crippen LogP contribution in [0, 0.1) is 5.82 Å². The van der Waals surface area contributed by atoms with E-state index in [9.17, 15) is 4.39 Å². The summed E-state index contributed by atoms with van der Waals surface area (Å²) in [7, 11) is 1.45. The van der Waals surface area contributed by atoms with Crippen LogP contribution in [-0.2, 0) is 12.8 Å². The molecule has 0 aliphatic rings. The van der Waals surface area contributed by atoms with E-state index in [1.165, 1.54) is 13.2 Å². The number of hydrogen-bond acceptors (Lipinski definition) is 5. The molecule has 2 heterocycles. The van der Waals surface area contributed by atoms with Crippen LogP contribution in [0.25, 0.3) is 22.6 Å². The number of aryl methyl sites for hydroxylation is 2. The average Bonchev–Trinajstić information content (AvgIpc) is 3.28. The molecule has 0 unspecified atom stereocenters. The van der Waals surface area contributed by atoms with Crippen molar-refractivity contribution in [2.45, 2.75) is 12.8 Å². The smallest absolute Gasteiger partial charge is 0.239 e. The van der Waals surface area contributed by atoms with Gasteiger partial charge in [0.2, 0.25) is 5.82 Å². The van der Waals surface area contributed by atoms with Crippen LogP contribution in [0.3, 0.4) is 0 Å². The van der Waals surface area contributed by atoms with Crippen molar-refractivity contribution < 1.29 is 13.5 Å². The van der Waals surface area contributed by atoms with E-state index in [1.54, 1.807) is 0 Å². The molecule has 0 aliphatic carbocycles. The summed E-state index contributed by atoms with van der Waals surface area (Å²) in [5.41, 5.74) is 2.74. The van der Waals surface area contributed by atoms with Crippen molar-refractivity contribution in [3.63, 3.8) is 0 Å². The maximum atomic E-state index is 14.0. The maximum absolute atomic E-state index is 14.0. The standard InChI is InChI=1S/C18H14BrFN4O2/c1-25-17-13(19)6-11(7-14(17)20)3-2-10-4-5-12-9-16(26-15(12)8-10)18-21-23-24-22-18/h4-9H,2-3H2,1H3,(H,21,22,23,24). The fraction of sp³-hybridized carbons (Fsp3) is 0.167. The van der Waals surface area contributed by atoms with E-state index in [-0.39, 0.29) is 11.6 Å². The third-order valence-electron chi connectivity index (χ3n) is 4.11. The topological polar surface area (TPSA) is 76.8 Å². The molecule has 0 amide bonds. The second kappa shape index (κ2) is 6.87. The largest absolute Gasteiger partial charge is 0.492 e. The Hall–Kier alpha value is -2.74. The summed E-state index contributed by atoms with van der Waals surface area (Å²) in [5, 5.41) is 14.7. The summed E-state index contributed by atoms with van der Waals surface area (Å²) in [6.07, 6.45) is 1.45. The highest BCUT2D eigenvalue weighted by molar-refractivity contribution is 9.10. The van der Waals surface area contributed by atoms with Gasteiger partial charge in [0.15, 0.2) is 17.3 Å². The summed E-state index contributed by atoms with van der Waals surface area (Å²) in [6.45, 7) is 0. The Morgan fingerprint density at radius 1 is 1.15 bits per heavy atom. The van der Waals surface area contributed by atoms with E-state index >= 15 is 0 Å². The molecule has 1 N–H and O–H groups in total. The summed E-state index contributed by atoms with van der Waals surface area (Å²) in [6, 6.07) is 11.3. The van der Waals surface area contributed by atoms with Crippen LogP contribution in [-0.4, -0.2) is 27.7 Å². The summed E-state index contributed by atoms with van der Waals surface area (Å²) < 4.78 is 25.4. The Kier molecular flexibility index (Phi) is 4.42. The number of nitrogens with zero attached hydrogens (tertiary/aromatic N) is 3. The molecule has 0 saturated heterocycles. The van der Waals surface area contributed by atoms with E-state index in [2.05, 4.69) is 36.6 Å². The zero-order valence-electron chi connectivity index (χ0n) is 13.8. The minimum atomic E-state index is -0.372. The predicted molar refractivity (Wildman–Crippen MR) is 97.4 cm³/mol. The van der Waals surface area contributed by atoms with Gasteiger partial charge >= 0.3 is 0 Å². The zero-order chi connectivity index (χ0) is 18.1. The average molecular weight is 417 g/mol. The highest BCUT2D eigenvalue weighted by Gasteiger charge is 2.12. The number of halogens is 2. The van der Waals surface area contributed by atoms with Crippen molar-refractivity contribution in [2.24, 2.45) is 0 Å². The molecule has 0 bridgehead atoms. The second-order valence-electron chi connectivity index (χ2n) is 5.81. The van der Waals surface area contributed by atoms with E-state index in [4.69, 9.17) is 9.15 Å². The molecular weight excluding hydrogens is 403 g/mol. The molecule has 0 atom stereocenters. The molecule has 0 saturated carbocycles. The lowest BCUT2D eigenvalue weighted by atomic mass is 10.0. The quantitative estimate of drug-likeness (QED) is 0.524. The van der Waals surface area contributed by atoms with Gasteiger partial charge in [0.25, 0.3) is 0 Å². The fourth-order valence-corrected chi connectivity index (χ4v) is 3.49. The molecule has 0 aliphatic heterocycles. The number of benzene rings is 2. The Bertz CT molecular complexity index is 1040. The Labute approximate surface area is 156 Å². The SMILES string of the molecule is COc1c(F)cc(CCc2ccc3cc(-c4nn[nH]n4)oc3c2)cc1Br. The van der Waals surface area contributed by atoms with Gasteiger partial charge in [0.1, 0.15) is 5.58 Å². The molecular formula is C18H14BrFN4O2. The number of hydrogen-bond donors (Lipinski definition) is 1. The van der Waals surface area contributed by atoms with Crippen LogP contribution in [0.15, 0.2) is 45.3 Å². The Morgan fingerprint density at radius 3 is 2.73 bits per heavy atom. The number of aromatic nitrogens is 4. The lowest BCUT2D eigenvalue weighted by Gasteiger charge is -2.08. The maximum Gasteiger partial charge on any atom is 0.239 e. The lowest BCUT2D eigenvalue weighted by molar-refractivity contribution is 0.383. The first-order valence-electron chi connectivity index (χ1n) is 7.92. The molecule has 4 rings (SSSR count). The molecule has 0 radical (unpaired) electrons. The third-order valence-corrected chi connectivity index (χ3v) is 4.70. The number of methoxy groups -OCH3 is 1. The highest BCUT2D eigenvalue weighted by Crippen LogP contribution is 2.30. The molecule has 2 aromatic heterocycles. The van der Waals surface area contributed by atoms with Crippen LogP contribution in [0.5, 0.6) is 5.75 Å². The third kappa shape index (κ3) is 3.20. The number of H-pyrrole nitrogens is 1. The molecule has 132 valence electrons. The van der Waals surface area contributed by atoms with Crippen LogP contribution in [0.4, 0.5) is 4.39 Å². The summed E-state index contributed by atoms with van der Waals surface area (Å²) in [5.74, 6) is 0.830. The molecule has 0 spiro atoms. The van der Waals surface area contributed by atoms with Crippen LogP contribution in [0.1, 0.15) is 11.1 Å². The van der Waals surface area contributed by atoms with Crippen molar-refractivity contribution in [2.75, 3.05) is 7.11 Å². The first-order chi connectivity index (χ1) is 12.6. The molecule has 4 aromatic rings. The summed E-state index contributed by atoms with van der Waals surface area (Å²) in [4.78, 5) is 0. The predicted octanol–water partition coefficient (Wildman–Crippen LogP) is 4.31. The van der Waals surface area contributed by atoms with Gasteiger partial charge in [-0.05, 0) is 69.4 Å². The minimum absolute atomic E-state index is 0.222. The fourth-order valence-electron chi connectivity index (χ4n) is 2.85. The number of furan rings is 1. The zero-order valence-corrected chi connectivity index (χ0v) is 15.4. The van der Waals surface area contributed by atoms with Crippen LogP contribution in [0.2, 0.25) is 0 Å².